The molecule has 5 nitrogen and oxygen atoms in total. The molecule has 3 aromatic rings. The van der Waals surface area contributed by atoms with Gasteiger partial charge in [0.2, 0.25) is 0 Å². The molecule has 1 unspecified atom stereocenters. The minimum Gasteiger partial charge on any atom is -0.507 e. The molecule has 0 saturated heterocycles. The number of aromatic hydroxyl groups is 1. The molecular weight excluding hydrogens is 366 g/mol. The molecule has 1 atom stereocenters. The van der Waals surface area contributed by atoms with Crippen LogP contribution in [0.4, 0.5) is 0 Å². The van der Waals surface area contributed by atoms with Crippen LogP contribution in [-0.2, 0) is 5.60 Å². The predicted molar refractivity (Wildman–Crippen MR) is 114 cm³/mol. The molecule has 0 radical (unpaired) electrons. The molecule has 0 amide bonds. The lowest BCUT2D eigenvalue weighted by Gasteiger charge is -2.35. The Kier molecular flexibility index (Phi) is 6.22. The third-order valence-corrected chi connectivity index (χ3v) is 4.94. The molecule has 0 saturated carbocycles. The SMILES string of the molecule is COc1ccccc1C(O)(c1ccccc1OC)C(N)C=Cc1ccccc1O. The summed E-state index contributed by atoms with van der Waals surface area (Å²) < 4.78 is 11.0. The summed E-state index contributed by atoms with van der Waals surface area (Å²) in [4.78, 5) is 0. The average molecular weight is 391 g/mol. The fourth-order valence-electron chi connectivity index (χ4n) is 3.40. The van der Waals surface area contributed by atoms with E-state index in [9.17, 15) is 10.2 Å². The molecule has 0 fully saturated rings. The van der Waals surface area contributed by atoms with E-state index in [4.69, 9.17) is 15.2 Å². The summed E-state index contributed by atoms with van der Waals surface area (Å²) in [6.45, 7) is 0. The van der Waals surface area contributed by atoms with Gasteiger partial charge in [0.25, 0.3) is 0 Å². The zero-order valence-electron chi connectivity index (χ0n) is 16.4. The highest BCUT2D eigenvalue weighted by Gasteiger charge is 2.41. The zero-order chi connectivity index (χ0) is 20.9. The molecule has 0 aliphatic rings. The number of benzene rings is 3. The lowest BCUT2D eigenvalue weighted by molar-refractivity contribution is 0.0618. The molecule has 5 heteroatoms. The Hall–Kier alpha value is -3.28. The van der Waals surface area contributed by atoms with Gasteiger partial charge >= 0.3 is 0 Å². The second kappa shape index (κ2) is 8.82. The summed E-state index contributed by atoms with van der Waals surface area (Å²) >= 11 is 0. The highest BCUT2D eigenvalue weighted by molar-refractivity contribution is 5.59. The molecule has 3 aromatic carbocycles. The topological polar surface area (TPSA) is 84.9 Å². The Labute approximate surface area is 170 Å². The van der Waals surface area contributed by atoms with Crippen molar-refractivity contribution >= 4 is 6.08 Å². The number of phenols is 1. The molecule has 3 rings (SSSR count). The Morgan fingerprint density at radius 3 is 1.83 bits per heavy atom. The first kappa shape index (κ1) is 20.5. The molecule has 0 aliphatic heterocycles. The molecule has 150 valence electrons. The van der Waals surface area contributed by atoms with Crippen LogP contribution in [-0.4, -0.2) is 30.5 Å². The van der Waals surface area contributed by atoms with Crippen LogP contribution in [0.1, 0.15) is 16.7 Å². The summed E-state index contributed by atoms with van der Waals surface area (Å²) in [5, 5.41) is 22.0. The van der Waals surface area contributed by atoms with Gasteiger partial charge in [0.05, 0.1) is 20.3 Å². The number of methoxy groups -OCH3 is 2. The van der Waals surface area contributed by atoms with Gasteiger partial charge in [-0.1, -0.05) is 66.7 Å². The van der Waals surface area contributed by atoms with Crippen LogP contribution >= 0.6 is 0 Å². The number of ether oxygens (including phenoxy) is 2. The van der Waals surface area contributed by atoms with Crippen molar-refractivity contribution < 1.29 is 19.7 Å². The third-order valence-electron chi connectivity index (χ3n) is 4.94. The fourth-order valence-corrected chi connectivity index (χ4v) is 3.40. The van der Waals surface area contributed by atoms with Crippen LogP contribution in [0.25, 0.3) is 6.08 Å². The first-order valence-corrected chi connectivity index (χ1v) is 9.23. The first-order chi connectivity index (χ1) is 14.0. The van der Waals surface area contributed by atoms with Crippen LogP contribution in [0.15, 0.2) is 78.9 Å². The lowest BCUT2D eigenvalue weighted by Crippen LogP contribution is -2.45. The number of para-hydroxylation sites is 3. The van der Waals surface area contributed by atoms with Gasteiger partial charge in [-0.25, -0.2) is 0 Å². The number of phenolic OH excluding ortho intramolecular Hbond substituents is 1. The van der Waals surface area contributed by atoms with Crippen LogP contribution < -0.4 is 15.2 Å². The van der Waals surface area contributed by atoms with E-state index in [0.29, 0.717) is 28.2 Å². The van der Waals surface area contributed by atoms with E-state index in [1.807, 2.05) is 30.3 Å². The molecule has 0 heterocycles. The summed E-state index contributed by atoms with van der Waals surface area (Å²) in [5.41, 5.74) is 6.53. The second-order valence-electron chi connectivity index (χ2n) is 6.61. The molecule has 0 aliphatic carbocycles. The van der Waals surface area contributed by atoms with E-state index in [-0.39, 0.29) is 5.75 Å². The van der Waals surface area contributed by atoms with E-state index in [0.717, 1.165) is 0 Å². The van der Waals surface area contributed by atoms with Crippen LogP contribution in [0.2, 0.25) is 0 Å². The van der Waals surface area contributed by atoms with Crippen molar-refractivity contribution in [3.8, 4) is 17.2 Å². The maximum absolute atomic E-state index is 12.0. The molecule has 0 bridgehead atoms. The van der Waals surface area contributed by atoms with Crippen molar-refractivity contribution in [3.63, 3.8) is 0 Å². The smallest absolute Gasteiger partial charge is 0.140 e. The fraction of sp³-hybridized carbons (Fsp3) is 0.167. The van der Waals surface area contributed by atoms with Gasteiger partial charge in [0, 0.05) is 16.7 Å². The van der Waals surface area contributed by atoms with Crippen LogP contribution in [0.3, 0.4) is 0 Å². The highest BCUT2D eigenvalue weighted by Crippen LogP contribution is 2.42. The maximum Gasteiger partial charge on any atom is 0.140 e. The van der Waals surface area contributed by atoms with Crippen molar-refractivity contribution in [1.29, 1.82) is 0 Å². The molecule has 4 N–H and O–H groups in total. The molecule has 0 aromatic heterocycles. The Morgan fingerprint density at radius 1 is 0.828 bits per heavy atom. The van der Waals surface area contributed by atoms with Gasteiger partial charge in [-0.2, -0.15) is 0 Å². The lowest BCUT2D eigenvalue weighted by atomic mass is 9.79. The predicted octanol–water partition coefficient (Wildman–Crippen LogP) is 3.69. The maximum atomic E-state index is 12.0. The minimum atomic E-state index is -1.64. The van der Waals surface area contributed by atoms with E-state index < -0.39 is 11.6 Å². The number of rotatable bonds is 7. The number of aliphatic hydroxyl groups is 1. The quantitative estimate of drug-likeness (QED) is 0.572. The third kappa shape index (κ3) is 3.97. The highest BCUT2D eigenvalue weighted by atomic mass is 16.5. The average Bonchev–Trinajstić information content (AvgIpc) is 2.77. The van der Waals surface area contributed by atoms with E-state index in [1.165, 1.54) is 0 Å². The normalized spacial score (nSPS) is 12.7. The molecule has 0 spiro atoms. The van der Waals surface area contributed by atoms with E-state index in [2.05, 4.69) is 0 Å². The number of nitrogens with two attached hydrogens (primary N) is 1. The standard InChI is InChI=1S/C24H25NO4/c1-28-21-13-7-4-10-18(21)24(27,19-11-5-8-14-22(19)29-2)23(25)16-15-17-9-3-6-12-20(17)26/h3-16,23,26-27H,25H2,1-2H3. The van der Waals surface area contributed by atoms with Crippen molar-refractivity contribution in [1.82, 2.24) is 0 Å². The zero-order valence-corrected chi connectivity index (χ0v) is 16.4. The largest absolute Gasteiger partial charge is 0.507 e. The minimum absolute atomic E-state index is 0.133. The summed E-state index contributed by atoms with van der Waals surface area (Å²) in [5.74, 6) is 1.15. The monoisotopic (exact) mass is 391 g/mol. The van der Waals surface area contributed by atoms with E-state index in [1.54, 1.807) is 68.8 Å². The van der Waals surface area contributed by atoms with Crippen molar-refractivity contribution in [2.45, 2.75) is 11.6 Å². The number of hydrogen-bond donors (Lipinski definition) is 3. The Bertz CT molecular complexity index is 952. The Balaban J connectivity index is 2.16. The van der Waals surface area contributed by atoms with Gasteiger partial charge in [-0.15, -0.1) is 0 Å². The van der Waals surface area contributed by atoms with Crippen LogP contribution in [0, 0.1) is 0 Å². The van der Waals surface area contributed by atoms with Gasteiger partial charge in [-0.3, -0.25) is 0 Å². The molecular formula is C24H25NO4. The first-order valence-electron chi connectivity index (χ1n) is 9.23. The van der Waals surface area contributed by atoms with Gasteiger partial charge in [0.15, 0.2) is 0 Å². The van der Waals surface area contributed by atoms with E-state index >= 15 is 0 Å². The van der Waals surface area contributed by atoms with Gasteiger partial charge in [0.1, 0.15) is 22.8 Å². The summed E-state index contributed by atoms with van der Waals surface area (Å²) in [6, 6.07) is 20.4. The van der Waals surface area contributed by atoms with Gasteiger partial charge < -0.3 is 25.4 Å². The van der Waals surface area contributed by atoms with Crippen molar-refractivity contribution in [3.05, 3.63) is 95.6 Å². The second-order valence-corrected chi connectivity index (χ2v) is 6.61. The van der Waals surface area contributed by atoms with Crippen molar-refractivity contribution in [2.75, 3.05) is 14.2 Å². The summed E-state index contributed by atoms with van der Waals surface area (Å²) in [7, 11) is 3.09. The molecule has 29 heavy (non-hydrogen) atoms. The number of hydrogen-bond acceptors (Lipinski definition) is 5. The van der Waals surface area contributed by atoms with Crippen molar-refractivity contribution in [2.24, 2.45) is 5.73 Å². The van der Waals surface area contributed by atoms with Crippen LogP contribution in [0.5, 0.6) is 17.2 Å². The summed E-state index contributed by atoms with van der Waals surface area (Å²) in [6.07, 6.45) is 3.35. The van der Waals surface area contributed by atoms with Gasteiger partial charge in [-0.05, 0) is 18.2 Å². The Morgan fingerprint density at radius 2 is 1.31 bits per heavy atom.